The van der Waals surface area contributed by atoms with Crippen molar-refractivity contribution < 1.29 is 4.42 Å². The predicted octanol–water partition coefficient (Wildman–Crippen LogP) is 4.46. The molecule has 0 amide bonds. The Morgan fingerprint density at radius 3 is 1.70 bits per heavy atom. The Kier molecular flexibility index (Phi) is 5.80. The minimum absolute atomic E-state index is 0.956. The smallest absolute Gasteiger partial charge is 0.133 e. The Morgan fingerprint density at radius 2 is 1.13 bits per heavy atom. The van der Waals surface area contributed by atoms with Crippen molar-refractivity contribution in [2.45, 2.75) is 0 Å². The molecule has 23 heavy (non-hydrogen) atoms. The van der Waals surface area contributed by atoms with Crippen LogP contribution in [-0.2, 0) is 0 Å². The Hall–Kier alpha value is -1.69. The van der Waals surface area contributed by atoms with Gasteiger partial charge in [0, 0.05) is 5.39 Å². The van der Waals surface area contributed by atoms with Crippen LogP contribution in [0.4, 0.5) is 0 Å². The number of benzene rings is 3. The van der Waals surface area contributed by atoms with Crippen LogP contribution in [0.15, 0.2) is 102 Å². The van der Waals surface area contributed by atoms with Crippen molar-refractivity contribution in [1.29, 1.82) is 0 Å². The van der Waals surface area contributed by atoms with Crippen LogP contribution in [0, 0.1) is 0 Å². The van der Waals surface area contributed by atoms with Crippen LogP contribution in [-0.4, -0.2) is 19.1 Å². The van der Waals surface area contributed by atoms with Gasteiger partial charge in [-0.2, -0.15) is 0 Å². The Labute approximate surface area is 147 Å². The first kappa shape index (κ1) is 16.2. The van der Waals surface area contributed by atoms with E-state index < -0.39 is 19.1 Å². The topological polar surface area (TPSA) is 13.1 Å². The molecule has 1 aromatic heterocycles. The fraction of sp³-hybridized carbons (Fsp3) is 0. The van der Waals surface area contributed by atoms with E-state index in [9.17, 15) is 0 Å². The van der Waals surface area contributed by atoms with Crippen LogP contribution in [0.2, 0.25) is 0 Å². The molecule has 0 spiro atoms. The van der Waals surface area contributed by atoms with Crippen molar-refractivity contribution in [2.24, 2.45) is 0 Å². The zero-order chi connectivity index (χ0) is 15.9. The normalized spacial score (nSPS) is 10.3. The monoisotopic (exact) mass is 428 g/mol. The van der Waals surface area contributed by atoms with E-state index in [1.807, 2.05) is 42.5 Å². The van der Waals surface area contributed by atoms with E-state index in [0.717, 1.165) is 11.0 Å². The van der Waals surface area contributed by atoms with Crippen molar-refractivity contribution in [2.75, 3.05) is 0 Å². The first-order valence-corrected chi connectivity index (χ1v) is 13.1. The molecule has 0 aliphatic rings. The third-order valence-corrected chi connectivity index (χ3v) is 10.2. The fourth-order valence-corrected chi connectivity index (χ4v) is 7.01. The van der Waals surface area contributed by atoms with Gasteiger partial charge in [-0.1, -0.05) is 18.2 Å². The first-order valence-electron chi connectivity index (χ1n) is 7.33. The average molecular weight is 430 g/mol. The van der Waals surface area contributed by atoms with Gasteiger partial charge in [0.05, 0.1) is 6.26 Å². The molecule has 0 saturated carbocycles. The van der Waals surface area contributed by atoms with Gasteiger partial charge in [0.1, 0.15) is 5.58 Å². The molecule has 0 aliphatic carbocycles. The maximum atomic E-state index is 6.51. The largest absolute Gasteiger partial charge is 0.464 e. The van der Waals surface area contributed by atoms with Crippen molar-refractivity contribution in [1.82, 2.24) is 0 Å². The fourth-order valence-electron chi connectivity index (χ4n) is 2.17. The second kappa shape index (κ2) is 8.24. The number of para-hydroxylation sites is 1. The number of furan rings is 1. The van der Waals surface area contributed by atoms with Gasteiger partial charge >= 0.3 is 95.6 Å². The minimum atomic E-state index is -1.90. The second-order valence-electron chi connectivity index (χ2n) is 4.91. The summed E-state index contributed by atoms with van der Waals surface area (Å²) >= 11 is -1.90. The summed E-state index contributed by atoms with van der Waals surface area (Å²) in [5.74, 6) is 0. The third kappa shape index (κ3) is 4.41. The van der Waals surface area contributed by atoms with E-state index in [4.69, 9.17) is 13.2 Å². The zero-order valence-electron chi connectivity index (χ0n) is 12.5. The van der Waals surface area contributed by atoms with Crippen LogP contribution >= 0.6 is 8.83 Å². The van der Waals surface area contributed by atoms with Gasteiger partial charge in [-0.05, 0) is 12.1 Å². The van der Waals surface area contributed by atoms with Crippen LogP contribution in [0.3, 0.4) is 0 Å². The quantitative estimate of drug-likeness (QED) is 0.429. The first-order chi connectivity index (χ1) is 11.3. The molecule has 114 valence electrons. The van der Waals surface area contributed by atoms with Gasteiger partial charge in [0.15, 0.2) is 0 Å². The van der Waals surface area contributed by atoms with E-state index in [1.165, 1.54) is 7.02 Å². The van der Waals surface area contributed by atoms with Gasteiger partial charge < -0.3 is 4.42 Å². The van der Waals surface area contributed by atoms with Crippen LogP contribution < -0.4 is 7.02 Å². The summed E-state index contributed by atoms with van der Waals surface area (Å²) in [4.78, 5) is 0. The van der Waals surface area contributed by atoms with Gasteiger partial charge in [-0.15, -0.1) is 0 Å². The summed E-state index contributed by atoms with van der Waals surface area (Å²) in [6, 6.07) is 30.7. The second-order valence-corrected chi connectivity index (χ2v) is 11.7. The van der Waals surface area contributed by atoms with Crippen molar-refractivity contribution in [3.05, 3.63) is 97.3 Å². The molecule has 0 saturated heterocycles. The Balaban J connectivity index is 0.000000149. The van der Waals surface area contributed by atoms with E-state index in [0.29, 0.717) is 0 Å². The van der Waals surface area contributed by atoms with Crippen molar-refractivity contribution in [3.63, 3.8) is 0 Å². The van der Waals surface area contributed by atoms with Gasteiger partial charge in [0.2, 0.25) is 0 Å². The molecule has 0 radical (unpaired) electrons. The molecule has 0 unspecified atom stereocenters. The Morgan fingerprint density at radius 1 is 0.609 bits per heavy atom. The standard InChI is InChI=1S/C8H6O.2C6H5.ClH.Sb/c1-2-4-8-7(3-1)5-6-9-8;2*1-2-4-6-5-3-1;;/h1-6H;2*1-5H;1H;/q;;;;+1/p-1. The molecule has 0 aliphatic heterocycles. The molecule has 0 fully saturated rings. The number of hydrogen-bond acceptors (Lipinski definition) is 1. The van der Waals surface area contributed by atoms with Gasteiger partial charge in [-0.3, -0.25) is 0 Å². The molecule has 1 nitrogen and oxygen atoms in total. The van der Waals surface area contributed by atoms with Crippen LogP contribution in [0.5, 0.6) is 0 Å². The molecular formula is C20H16ClOSb. The van der Waals surface area contributed by atoms with Crippen molar-refractivity contribution >= 4 is 45.9 Å². The maximum absolute atomic E-state index is 6.51. The molecule has 0 atom stereocenters. The molecular weight excluding hydrogens is 413 g/mol. The Bertz CT molecular complexity index is 773. The van der Waals surface area contributed by atoms with E-state index >= 15 is 0 Å². The number of hydrogen-bond donors (Lipinski definition) is 0. The summed E-state index contributed by atoms with van der Waals surface area (Å²) in [5, 5.41) is 1.16. The summed E-state index contributed by atoms with van der Waals surface area (Å²) in [7, 11) is 6.51. The summed E-state index contributed by atoms with van der Waals surface area (Å²) in [6.45, 7) is 0. The maximum Gasteiger partial charge on any atom is 0.133 e. The molecule has 3 heteroatoms. The average Bonchev–Trinajstić information content (AvgIpc) is 3.12. The number of fused-ring (bicyclic) bond motifs is 1. The number of halogens is 1. The molecule has 3 aromatic carbocycles. The van der Waals surface area contributed by atoms with Crippen LogP contribution in [0.25, 0.3) is 11.0 Å². The van der Waals surface area contributed by atoms with Gasteiger partial charge in [-0.25, -0.2) is 0 Å². The SMILES string of the molecule is [Cl][Sb]([c]1ccccc1)[c]1ccccc1.c1ccc2occc2c1. The molecule has 1 heterocycles. The van der Waals surface area contributed by atoms with Gasteiger partial charge in [0.25, 0.3) is 0 Å². The molecule has 0 N–H and O–H groups in total. The molecule has 4 rings (SSSR count). The van der Waals surface area contributed by atoms with Crippen LogP contribution in [0.1, 0.15) is 0 Å². The predicted molar refractivity (Wildman–Crippen MR) is 100.0 cm³/mol. The summed E-state index contributed by atoms with van der Waals surface area (Å²) in [6.07, 6.45) is 1.70. The summed E-state index contributed by atoms with van der Waals surface area (Å²) < 4.78 is 7.76. The third-order valence-electron chi connectivity index (χ3n) is 3.33. The van der Waals surface area contributed by atoms with E-state index in [1.54, 1.807) is 6.26 Å². The summed E-state index contributed by atoms with van der Waals surface area (Å²) in [5.41, 5.74) is 0.956. The molecule has 0 bridgehead atoms. The number of rotatable bonds is 2. The minimum Gasteiger partial charge on any atom is -0.464 e. The van der Waals surface area contributed by atoms with E-state index in [2.05, 4.69) is 48.5 Å². The van der Waals surface area contributed by atoms with Crippen molar-refractivity contribution in [3.8, 4) is 0 Å². The molecule has 4 aromatic rings. The van der Waals surface area contributed by atoms with E-state index in [-0.39, 0.29) is 0 Å². The zero-order valence-corrected chi connectivity index (χ0v) is 15.8.